The van der Waals surface area contributed by atoms with E-state index in [0.717, 1.165) is 15.6 Å². The van der Waals surface area contributed by atoms with E-state index < -0.39 is 5.91 Å². The van der Waals surface area contributed by atoms with Gasteiger partial charge in [0.05, 0.1) is 16.7 Å². The zero-order chi connectivity index (χ0) is 16.8. The fraction of sp³-hybridized carbons (Fsp3) is 0.0588. The normalized spacial score (nSPS) is 10.9. The molecule has 0 saturated heterocycles. The predicted octanol–water partition coefficient (Wildman–Crippen LogP) is 4.03. The lowest BCUT2D eigenvalue weighted by Gasteiger charge is -2.07. The highest BCUT2D eigenvalue weighted by Gasteiger charge is 2.06. The Kier molecular flexibility index (Phi) is 5.80. The predicted molar refractivity (Wildman–Crippen MR) is 93.8 cm³/mol. The highest BCUT2D eigenvalue weighted by molar-refractivity contribution is 9.10. The number of nitrogens with two attached hydrogens (primary N) is 1. The van der Waals surface area contributed by atoms with E-state index in [1.54, 1.807) is 24.3 Å². The fourth-order valence-corrected chi connectivity index (χ4v) is 2.52. The van der Waals surface area contributed by atoms with Crippen LogP contribution in [0.15, 0.2) is 46.9 Å². The molecule has 0 fully saturated rings. The summed E-state index contributed by atoms with van der Waals surface area (Å²) in [5.41, 5.74) is 7.08. The summed E-state index contributed by atoms with van der Waals surface area (Å²) >= 11 is 9.50. The van der Waals surface area contributed by atoms with Crippen LogP contribution in [0.5, 0.6) is 5.75 Å². The molecular weight excluding hydrogens is 380 g/mol. The average Bonchev–Trinajstić information content (AvgIpc) is 2.51. The van der Waals surface area contributed by atoms with Crippen molar-refractivity contribution in [2.75, 3.05) is 6.61 Å². The van der Waals surface area contributed by atoms with Crippen LogP contribution in [0.4, 0.5) is 0 Å². The lowest BCUT2D eigenvalue weighted by Crippen LogP contribution is -2.20. The first-order valence-electron chi connectivity index (χ1n) is 6.58. The number of nitrogens with zero attached hydrogens (tertiary/aromatic N) is 1. The maximum atomic E-state index is 10.7. The second kappa shape index (κ2) is 7.82. The van der Waals surface area contributed by atoms with Crippen molar-refractivity contribution >= 4 is 45.1 Å². The Morgan fingerprint density at radius 2 is 2.13 bits per heavy atom. The van der Waals surface area contributed by atoms with Gasteiger partial charge in [-0.15, -0.1) is 0 Å². The van der Waals surface area contributed by atoms with Crippen molar-refractivity contribution < 1.29 is 9.53 Å². The van der Waals surface area contributed by atoms with Gasteiger partial charge in [-0.05, 0) is 41.5 Å². The van der Waals surface area contributed by atoms with E-state index in [0.29, 0.717) is 16.3 Å². The number of carbonyl (C=O) groups is 1. The molecule has 0 atom stereocenters. The van der Waals surface area contributed by atoms with Crippen LogP contribution in [0.1, 0.15) is 11.1 Å². The molecule has 0 heterocycles. The number of halogens is 2. The van der Waals surface area contributed by atoms with Gasteiger partial charge in [-0.1, -0.05) is 45.7 Å². The molecule has 0 aliphatic rings. The molecule has 0 bridgehead atoms. The Hall–Kier alpha value is -2.29. The first kappa shape index (κ1) is 17.1. The minimum absolute atomic E-state index is 0.240. The third-order valence-corrected chi connectivity index (χ3v) is 3.68. The van der Waals surface area contributed by atoms with Crippen molar-refractivity contribution in [3.8, 4) is 11.8 Å². The van der Waals surface area contributed by atoms with Gasteiger partial charge in [0.2, 0.25) is 0 Å². The first-order chi connectivity index (χ1) is 11.0. The summed E-state index contributed by atoms with van der Waals surface area (Å²) in [6, 6.07) is 14.7. The van der Waals surface area contributed by atoms with Crippen LogP contribution >= 0.6 is 27.5 Å². The first-order valence-corrected chi connectivity index (χ1v) is 7.75. The van der Waals surface area contributed by atoms with Crippen LogP contribution in [0.25, 0.3) is 11.6 Å². The summed E-state index contributed by atoms with van der Waals surface area (Å²) in [7, 11) is 0. The Morgan fingerprint density at radius 1 is 1.35 bits per heavy atom. The SMILES string of the molecule is N#CC(=Cc1ccc(OCC(N)=O)c(Cl)c1)c1cccc(Br)c1. The Bertz CT molecular complexity index is 812. The number of ether oxygens (including phenoxy) is 1. The second-order valence-electron chi connectivity index (χ2n) is 4.63. The number of amides is 1. The van der Waals surface area contributed by atoms with Crippen LogP contribution in [0.2, 0.25) is 5.02 Å². The van der Waals surface area contributed by atoms with Gasteiger partial charge in [-0.25, -0.2) is 0 Å². The zero-order valence-corrected chi connectivity index (χ0v) is 14.3. The summed E-state index contributed by atoms with van der Waals surface area (Å²) in [6.45, 7) is -0.240. The summed E-state index contributed by atoms with van der Waals surface area (Å²) in [4.78, 5) is 10.7. The van der Waals surface area contributed by atoms with Gasteiger partial charge in [-0.3, -0.25) is 4.79 Å². The standard InChI is InChI=1S/C17H12BrClN2O2/c18-14-3-1-2-12(8-14)13(9-20)6-11-4-5-16(15(19)7-11)23-10-17(21)22/h1-8H,10H2,(H2,21,22). The monoisotopic (exact) mass is 390 g/mol. The summed E-state index contributed by atoms with van der Waals surface area (Å²) in [6.07, 6.45) is 1.73. The van der Waals surface area contributed by atoms with E-state index in [9.17, 15) is 10.1 Å². The van der Waals surface area contributed by atoms with E-state index in [1.807, 2.05) is 24.3 Å². The van der Waals surface area contributed by atoms with E-state index >= 15 is 0 Å². The van der Waals surface area contributed by atoms with E-state index in [2.05, 4.69) is 22.0 Å². The topological polar surface area (TPSA) is 76.1 Å². The molecule has 2 aromatic carbocycles. The molecule has 1 amide bonds. The summed E-state index contributed by atoms with van der Waals surface area (Å²) in [5, 5.41) is 9.70. The van der Waals surface area contributed by atoms with Gasteiger partial charge >= 0.3 is 0 Å². The number of benzene rings is 2. The number of nitriles is 1. The highest BCUT2D eigenvalue weighted by atomic mass is 79.9. The van der Waals surface area contributed by atoms with Crippen molar-refractivity contribution in [1.82, 2.24) is 0 Å². The maximum absolute atomic E-state index is 10.7. The van der Waals surface area contributed by atoms with Crippen LogP contribution in [0.3, 0.4) is 0 Å². The van der Waals surface area contributed by atoms with E-state index in [-0.39, 0.29) is 6.61 Å². The number of primary amides is 1. The maximum Gasteiger partial charge on any atom is 0.255 e. The van der Waals surface area contributed by atoms with Gasteiger partial charge in [0.1, 0.15) is 5.75 Å². The third kappa shape index (κ3) is 4.85. The third-order valence-electron chi connectivity index (χ3n) is 2.89. The smallest absolute Gasteiger partial charge is 0.255 e. The van der Waals surface area contributed by atoms with Crippen molar-refractivity contribution in [3.63, 3.8) is 0 Å². The van der Waals surface area contributed by atoms with E-state index in [1.165, 1.54) is 0 Å². The molecular formula is C17H12BrClN2O2. The van der Waals surface area contributed by atoms with Gasteiger partial charge in [0.25, 0.3) is 5.91 Å². The number of allylic oxidation sites excluding steroid dienone is 1. The minimum Gasteiger partial charge on any atom is -0.482 e. The summed E-state index contributed by atoms with van der Waals surface area (Å²) < 4.78 is 6.08. The molecule has 4 nitrogen and oxygen atoms in total. The van der Waals surface area contributed by atoms with Crippen molar-refractivity contribution in [2.24, 2.45) is 5.73 Å². The Morgan fingerprint density at radius 3 is 2.74 bits per heavy atom. The molecule has 0 radical (unpaired) electrons. The van der Waals surface area contributed by atoms with Crippen LogP contribution in [-0.2, 0) is 4.79 Å². The molecule has 0 aliphatic heterocycles. The molecule has 0 aromatic heterocycles. The molecule has 0 spiro atoms. The zero-order valence-electron chi connectivity index (χ0n) is 11.9. The lowest BCUT2D eigenvalue weighted by molar-refractivity contribution is -0.119. The molecule has 2 N–H and O–H groups in total. The molecule has 116 valence electrons. The fourth-order valence-electron chi connectivity index (χ4n) is 1.88. The highest BCUT2D eigenvalue weighted by Crippen LogP contribution is 2.28. The molecule has 0 saturated carbocycles. The van der Waals surface area contributed by atoms with Crippen LogP contribution < -0.4 is 10.5 Å². The molecule has 0 unspecified atom stereocenters. The second-order valence-corrected chi connectivity index (χ2v) is 5.95. The van der Waals surface area contributed by atoms with Gasteiger partial charge < -0.3 is 10.5 Å². The van der Waals surface area contributed by atoms with Gasteiger partial charge in [0, 0.05) is 4.47 Å². The van der Waals surface area contributed by atoms with Gasteiger partial charge in [0.15, 0.2) is 6.61 Å². The van der Waals surface area contributed by atoms with Crippen molar-refractivity contribution in [3.05, 3.63) is 63.1 Å². The van der Waals surface area contributed by atoms with Crippen LogP contribution in [0, 0.1) is 11.3 Å². The van der Waals surface area contributed by atoms with Crippen molar-refractivity contribution in [2.45, 2.75) is 0 Å². The number of rotatable bonds is 5. The van der Waals surface area contributed by atoms with Gasteiger partial charge in [-0.2, -0.15) is 5.26 Å². The lowest BCUT2D eigenvalue weighted by atomic mass is 10.0. The quantitative estimate of drug-likeness (QED) is 0.617. The van der Waals surface area contributed by atoms with Crippen LogP contribution in [-0.4, -0.2) is 12.5 Å². The molecule has 2 rings (SSSR count). The van der Waals surface area contributed by atoms with E-state index in [4.69, 9.17) is 22.1 Å². The number of hydrogen-bond donors (Lipinski definition) is 1. The van der Waals surface area contributed by atoms with Crippen molar-refractivity contribution in [1.29, 1.82) is 5.26 Å². The Labute approximate surface area is 147 Å². The molecule has 2 aromatic rings. The molecule has 0 aliphatic carbocycles. The summed E-state index contributed by atoms with van der Waals surface area (Å²) in [5.74, 6) is -0.213. The average molecular weight is 392 g/mol. The molecule has 23 heavy (non-hydrogen) atoms. The minimum atomic E-state index is -0.577. The Balaban J connectivity index is 2.29. The number of carbonyl (C=O) groups excluding carboxylic acids is 1. The number of hydrogen-bond acceptors (Lipinski definition) is 3. The largest absolute Gasteiger partial charge is 0.482 e. The molecule has 6 heteroatoms.